The summed E-state index contributed by atoms with van der Waals surface area (Å²) < 4.78 is 7.11. The first-order valence-electron chi connectivity index (χ1n) is 8.30. The fraction of sp³-hybridized carbons (Fsp3) is 0. The molecule has 2 aliphatic rings. The highest BCUT2D eigenvalue weighted by molar-refractivity contribution is 6.30. The fourth-order valence-corrected chi connectivity index (χ4v) is 3.05. The number of hydrogen-bond acceptors (Lipinski definition) is 3. The Kier molecular flexibility index (Phi) is 4.48. The van der Waals surface area contributed by atoms with E-state index in [9.17, 15) is 9.59 Å². The highest BCUT2D eigenvalue weighted by Gasteiger charge is 2.21. The van der Waals surface area contributed by atoms with E-state index in [1.54, 1.807) is 53.4 Å². The van der Waals surface area contributed by atoms with Crippen LogP contribution >= 0.6 is 11.6 Å². The maximum Gasteiger partial charge on any atom is 0.346 e. The van der Waals surface area contributed by atoms with Crippen LogP contribution < -0.4 is 5.63 Å². The topological polar surface area (TPSA) is 52.2 Å². The second kappa shape index (κ2) is 7.09. The molecular formula is C22H14ClNO3. The lowest BCUT2D eigenvalue weighted by atomic mass is 10.0. The van der Waals surface area contributed by atoms with Crippen LogP contribution in [0, 0.1) is 0 Å². The summed E-state index contributed by atoms with van der Waals surface area (Å²) in [6.45, 7) is 0. The number of hydrogen-bond donors (Lipinski definition) is 0. The number of furan rings is 1. The Balaban J connectivity index is 1.77. The van der Waals surface area contributed by atoms with Crippen LogP contribution in [-0.2, 0) is 0 Å². The predicted molar refractivity (Wildman–Crippen MR) is 106 cm³/mol. The first-order valence-corrected chi connectivity index (χ1v) is 8.68. The molecule has 0 aromatic heterocycles. The minimum Gasteiger partial charge on any atom is -0.421 e. The second-order valence-electron chi connectivity index (χ2n) is 5.95. The van der Waals surface area contributed by atoms with Crippen molar-refractivity contribution in [1.29, 1.82) is 0 Å². The summed E-state index contributed by atoms with van der Waals surface area (Å²) in [5, 5.41) is 0.573. The number of pyridine rings is 1. The van der Waals surface area contributed by atoms with Gasteiger partial charge < -0.3 is 8.98 Å². The molecule has 0 saturated carbocycles. The van der Waals surface area contributed by atoms with E-state index in [4.69, 9.17) is 16.0 Å². The van der Waals surface area contributed by atoms with Gasteiger partial charge in [0.25, 0.3) is 0 Å². The molecule has 0 unspecified atom stereocenters. The SMILES string of the molecule is O=C(C=Cn1cccc2oc(=O)c(-c3ccccc3)c1-2)c1ccc(Cl)cc1. The minimum absolute atomic E-state index is 0.164. The third kappa shape index (κ3) is 3.35. The molecule has 0 fully saturated rings. The van der Waals surface area contributed by atoms with Gasteiger partial charge in [-0.2, -0.15) is 0 Å². The highest BCUT2D eigenvalue weighted by atomic mass is 35.5. The lowest BCUT2D eigenvalue weighted by Crippen LogP contribution is -2.01. The molecular weight excluding hydrogens is 362 g/mol. The van der Waals surface area contributed by atoms with Crippen LogP contribution in [-0.4, -0.2) is 10.4 Å². The van der Waals surface area contributed by atoms with Gasteiger partial charge in [-0.05, 0) is 42.0 Å². The number of ketones is 1. The number of aromatic nitrogens is 1. The van der Waals surface area contributed by atoms with Crippen molar-refractivity contribution >= 4 is 23.6 Å². The standard InChI is InChI=1S/C22H14ClNO3/c23-17-10-8-15(9-11-17)18(25)12-14-24-13-4-7-19-21(24)20(22(26)27-19)16-5-2-1-3-6-16/h1-14H. The van der Waals surface area contributed by atoms with Crippen LogP contribution in [0.25, 0.3) is 28.8 Å². The van der Waals surface area contributed by atoms with E-state index in [-0.39, 0.29) is 5.78 Å². The van der Waals surface area contributed by atoms with Crippen molar-refractivity contribution in [2.75, 3.05) is 0 Å². The van der Waals surface area contributed by atoms with Crippen LogP contribution in [0.1, 0.15) is 10.4 Å². The molecule has 132 valence electrons. The molecule has 2 aliphatic heterocycles. The second-order valence-corrected chi connectivity index (χ2v) is 6.38. The number of rotatable bonds is 4. The molecule has 0 N–H and O–H groups in total. The molecule has 0 radical (unpaired) electrons. The summed E-state index contributed by atoms with van der Waals surface area (Å²) in [6.07, 6.45) is 4.85. The highest BCUT2D eigenvalue weighted by Crippen LogP contribution is 2.32. The Morgan fingerprint density at radius 3 is 2.44 bits per heavy atom. The normalized spacial score (nSPS) is 11.3. The van der Waals surface area contributed by atoms with E-state index in [0.717, 1.165) is 5.56 Å². The van der Waals surface area contributed by atoms with Crippen molar-refractivity contribution in [1.82, 2.24) is 4.57 Å². The number of nitrogens with zero attached hydrogens (tertiary/aromatic N) is 1. The molecule has 0 amide bonds. The number of benzene rings is 2. The van der Waals surface area contributed by atoms with E-state index in [1.807, 2.05) is 30.3 Å². The molecule has 0 spiro atoms. The third-order valence-electron chi connectivity index (χ3n) is 4.21. The Labute approximate surface area is 160 Å². The lowest BCUT2D eigenvalue weighted by Gasteiger charge is -2.08. The van der Waals surface area contributed by atoms with Gasteiger partial charge in [0.15, 0.2) is 11.5 Å². The molecule has 2 aromatic carbocycles. The van der Waals surface area contributed by atoms with Crippen molar-refractivity contribution in [3.05, 3.63) is 100 Å². The van der Waals surface area contributed by atoms with E-state index in [2.05, 4.69) is 0 Å². The van der Waals surface area contributed by atoms with E-state index >= 15 is 0 Å². The van der Waals surface area contributed by atoms with Gasteiger partial charge in [-0.15, -0.1) is 0 Å². The van der Waals surface area contributed by atoms with Gasteiger partial charge in [0, 0.05) is 29.1 Å². The molecule has 5 heteroatoms. The number of halogens is 1. The van der Waals surface area contributed by atoms with Crippen molar-refractivity contribution in [2.45, 2.75) is 0 Å². The van der Waals surface area contributed by atoms with Crippen molar-refractivity contribution in [3.63, 3.8) is 0 Å². The van der Waals surface area contributed by atoms with Gasteiger partial charge in [-0.1, -0.05) is 41.9 Å². The van der Waals surface area contributed by atoms with E-state index < -0.39 is 5.63 Å². The molecule has 0 aliphatic carbocycles. The zero-order valence-electron chi connectivity index (χ0n) is 14.1. The summed E-state index contributed by atoms with van der Waals surface area (Å²) in [6, 6.07) is 19.5. The van der Waals surface area contributed by atoms with Gasteiger partial charge >= 0.3 is 5.63 Å². The zero-order chi connectivity index (χ0) is 18.8. The average molecular weight is 376 g/mol. The lowest BCUT2D eigenvalue weighted by molar-refractivity contribution is 0.104. The molecule has 4 nitrogen and oxygen atoms in total. The maximum atomic E-state index is 12.4. The van der Waals surface area contributed by atoms with Gasteiger partial charge in [0.05, 0.1) is 5.56 Å². The van der Waals surface area contributed by atoms with Gasteiger partial charge in [-0.25, -0.2) is 4.79 Å². The number of allylic oxidation sites excluding steroid dienone is 1. The largest absolute Gasteiger partial charge is 0.421 e. The van der Waals surface area contributed by atoms with Gasteiger partial charge in [0.2, 0.25) is 0 Å². The molecule has 0 saturated heterocycles. The van der Waals surface area contributed by atoms with E-state index in [0.29, 0.717) is 27.6 Å². The molecule has 2 aromatic rings. The summed E-state index contributed by atoms with van der Waals surface area (Å²) in [5.41, 5.74) is 1.97. The number of carbonyl (C=O) groups is 1. The fourth-order valence-electron chi connectivity index (χ4n) is 2.93. The van der Waals surface area contributed by atoms with Crippen molar-refractivity contribution in [3.8, 4) is 22.6 Å². The first kappa shape index (κ1) is 17.1. The molecule has 0 bridgehead atoms. The van der Waals surface area contributed by atoms with Crippen molar-refractivity contribution < 1.29 is 9.21 Å². The molecule has 2 heterocycles. The van der Waals surface area contributed by atoms with Crippen LogP contribution in [0.15, 0.2) is 88.2 Å². The van der Waals surface area contributed by atoms with E-state index in [1.165, 1.54) is 6.08 Å². The molecule has 0 atom stereocenters. The van der Waals surface area contributed by atoms with Gasteiger partial charge in [-0.3, -0.25) is 4.79 Å². The number of fused-ring (bicyclic) bond motifs is 1. The smallest absolute Gasteiger partial charge is 0.346 e. The van der Waals surface area contributed by atoms with Crippen molar-refractivity contribution in [2.24, 2.45) is 0 Å². The average Bonchev–Trinajstić information content (AvgIpc) is 3.03. The van der Waals surface area contributed by atoms with Crippen LogP contribution in [0.2, 0.25) is 5.02 Å². The zero-order valence-corrected chi connectivity index (χ0v) is 14.9. The number of carbonyl (C=O) groups excluding carboxylic acids is 1. The Bertz CT molecular complexity index is 1150. The van der Waals surface area contributed by atoms with Crippen LogP contribution in [0.5, 0.6) is 0 Å². The summed E-state index contributed by atoms with van der Waals surface area (Å²) in [4.78, 5) is 24.8. The Morgan fingerprint density at radius 2 is 1.70 bits per heavy atom. The third-order valence-corrected chi connectivity index (χ3v) is 4.46. The first-order chi connectivity index (χ1) is 13.1. The predicted octanol–water partition coefficient (Wildman–Crippen LogP) is 5.22. The van der Waals surface area contributed by atoms with Crippen LogP contribution in [0.4, 0.5) is 0 Å². The summed E-state index contributed by atoms with van der Waals surface area (Å²) >= 11 is 5.86. The maximum absolute atomic E-state index is 12.4. The Hall–Kier alpha value is -3.37. The Morgan fingerprint density at radius 1 is 0.963 bits per heavy atom. The summed E-state index contributed by atoms with van der Waals surface area (Å²) in [5.74, 6) is 0.299. The van der Waals surface area contributed by atoms with Crippen LogP contribution in [0.3, 0.4) is 0 Å². The quantitative estimate of drug-likeness (QED) is 0.363. The molecule has 4 rings (SSSR count). The molecule has 27 heavy (non-hydrogen) atoms. The summed E-state index contributed by atoms with van der Waals surface area (Å²) in [7, 11) is 0. The van der Waals surface area contributed by atoms with Gasteiger partial charge in [0.1, 0.15) is 5.69 Å². The minimum atomic E-state index is -0.409. The monoisotopic (exact) mass is 375 g/mol.